The van der Waals surface area contributed by atoms with Gasteiger partial charge in [0.2, 0.25) is 0 Å². The zero-order chi connectivity index (χ0) is 15.4. The summed E-state index contributed by atoms with van der Waals surface area (Å²) in [5.41, 5.74) is 1.36. The fourth-order valence-corrected chi connectivity index (χ4v) is 2.79. The van der Waals surface area contributed by atoms with Crippen LogP contribution in [0.3, 0.4) is 0 Å². The number of benzene rings is 2. The van der Waals surface area contributed by atoms with Crippen LogP contribution in [0, 0.1) is 5.82 Å². The van der Waals surface area contributed by atoms with Gasteiger partial charge in [-0.1, -0.05) is 28.1 Å². The molecule has 0 unspecified atom stereocenters. The predicted molar refractivity (Wildman–Crippen MR) is 88.7 cm³/mol. The topological polar surface area (TPSA) is 20.3 Å². The van der Waals surface area contributed by atoms with E-state index in [4.69, 9.17) is 0 Å². The second-order valence-corrected chi connectivity index (χ2v) is 6.34. The molecule has 2 aromatic carbocycles. The normalized spacial score (nSPS) is 10.5. The van der Waals surface area contributed by atoms with Gasteiger partial charge in [0, 0.05) is 22.0 Å². The van der Waals surface area contributed by atoms with Crippen LogP contribution in [0.15, 0.2) is 51.4 Å². The Balaban J connectivity index is 2.24. The number of carbonyl (C=O) groups is 1. The third kappa shape index (κ3) is 4.14. The van der Waals surface area contributed by atoms with E-state index in [0.717, 1.165) is 14.5 Å². The Hall–Kier alpha value is -1.20. The molecule has 0 N–H and O–H groups in total. The summed E-state index contributed by atoms with van der Waals surface area (Å²) in [6.45, 7) is 2.84. The first-order valence-corrected chi connectivity index (χ1v) is 8.08. The predicted octanol–water partition coefficient (Wildman–Crippen LogP) is 5.01. The highest BCUT2D eigenvalue weighted by molar-refractivity contribution is 9.11. The van der Waals surface area contributed by atoms with Gasteiger partial charge in [-0.15, -0.1) is 0 Å². The van der Waals surface area contributed by atoms with Crippen LogP contribution in [0.1, 0.15) is 22.8 Å². The van der Waals surface area contributed by atoms with E-state index in [1.165, 1.54) is 12.1 Å². The zero-order valence-corrected chi connectivity index (χ0v) is 14.6. The Bertz CT molecular complexity index is 660. The highest BCUT2D eigenvalue weighted by atomic mass is 79.9. The van der Waals surface area contributed by atoms with Crippen LogP contribution in [-0.2, 0) is 6.54 Å². The Morgan fingerprint density at radius 2 is 1.95 bits per heavy atom. The summed E-state index contributed by atoms with van der Waals surface area (Å²) >= 11 is 6.77. The van der Waals surface area contributed by atoms with Crippen molar-refractivity contribution in [2.24, 2.45) is 0 Å². The van der Waals surface area contributed by atoms with Gasteiger partial charge in [-0.05, 0) is 58.7 Å². The molecule has 2 rings (SSSR count). The van der Waals surface area contributed by atoms with Gasteiger partial charge in [-0.25, -0.2) is 4.39 Å². The lowest BCUT2D eigenvalue weighted by Gasteiger charge is -2.22. The van der Waals surface area contributed by atoms with Gasteiger partial charge in [0.15, 0.2) is 0 Å². The van der Waals surface area contributed by atoms with Crippen LogP contribution in [-0.4, -0.2) is 17.4 Å². The maximum absolute atomic E-state index is 13.2. The molecule has 0 fully saturated rings. The Morgan fingerprint density at radius 3 is 2.62 bits per heavy atom. The minimum Gasteiger partial charge on any atom is -0.335 e. The molecule has 0 saturated heterocycles. The van der Waals surface area contributed by atoms with Crippen LogP contribution in [0.4, 0.5) is 4.39 Å². The Labute approximate surface area is 140 Å². The first kappa shape index (κ1) is 16.2. The average molecular weight is 415 g/mol. The summed E-state index contributed by atoms with van der Waals surface area (Å²) in [6, 6.07) is 11.8. The molecule has 21 heavy (non-hydrogen) atoms. The van der Waals surface area contributed by atoms with E-state index in [1.807, 2.05) is 25.1 Å². The van der Waals surface area contributed by atoms with E-state index in [9.17, 15) is 9.18 Å². The maximum atomic E-state index is 13.2. The van der Waals surface area contributed by atoms with Gasteiger partial charge in [-0.3, -0.25) is 4.79 Å². The van der Waals surface area contributed by atoms with E-state index < -0.39 is 0 Å². The highest BCUT2D eigenvalue weighted by Crippen LogP contribution is 2.23. The number of hydrogen-bond acceptors (Lipinski definition) is 1. The summed E-state index contributed by atoms with van der Waals surface area (Å²) in [4.78, 5) is 14.3. The average Bonchev–Trinajstić information content (AvgIpc) is 2.46. The molecular weight excluding hydrogens is 401 g/mol. The SMILES string of the molecule is CCN(Cc1cccc(F)c1)C(=O)c1cc(Br)ccc1Br. The standard InChI is InChI=1S/C16H14Br2FNO/c1-2-20(10-11-4-3-5-13(19)8-11)16(21)14-9-12(17)6-7-15(14)18/h3-9H,2,10H2,1H3. The number of rotatable bonds is 4. The molecule has 0 aliphatic heterocycles. The summed E-state index contributed by atoms with van der Waals surface area (Å²) in [6.07, 6.45) is 0. The van der Waals surface area contributed by atoms with Crippen LogP contribution in [0.2, 0.25) is 0 Å². The first-order chi connectivity index (χ1) is 10.0. The fourth-order valence-electron chi connectivity index (χ4n) is 2.01. The van der Waals surface area contributed by atoms with E-state index in [1.54, 1.807) is 17.0 Å². The van der Waals surface area contributed by atoms with Crippen molar-refractivity contribution in [3.63, 3.8) is 0 Å². The first-order valence-electron chi connectivity index (χ1n) is 6.50. The zero-order valence-electron chi connectivity index (χ0n) is 11.4. The Kier molecular flexibility index (Phi) is 5.53. The molecule has 2 nitrogen and oxygen atoms in total. The van der Waals surface area contributed by atoms with Gasteiger partial charge in [-0.2, -0.15) is 0 Å². The molecule has 5 heteroatoms. The van der Waals surface area contributed by atoms with Gasteiger partial charge in [0.1, 0.15) is 5.82 Å². The number of amides is 1. The van der Waals surface area contributed by atoms with Crippen molar-refractivity contribution in [3.05, 3.63) is 68.4 Å². The van der Waals surface area contributed by atoms with Gasteiger partial charge < -0.3 is 4.90 Å². The van der Waals surface area contributed by atoms with Crippen LogP contribution in [0.5, 0.6) is 0 Å². The van der Waals surface area contributed by atoms with E-state index in [2.05, 4.69) is 31.9 Å². The van der Waals surface area contributed by atoms with Crippen molar-refractivity contribution in [2.45, 2.75) is 13.5 Å². The van der Waals surface area contributed by atoms with Crippen LogP contribution < -0.4 is 0 Å². The molecule has 2 aromatic rings. The van der Waals surface area contributed by atoms with Gasteiger partial charge >= 0.3 is 0 Å². The molecule has 0 radical (unpaired) electrons. The lowest BCUT2D eigenvalue weighted by Crippen LogP contribution is -2.30. The summed E-state index contributed by atoms with van der Waals surface area (Å²) in [5, 5.41) is 0. The smallest absolute Gasteiger partial charge is 0.255 e. The Morgan fingerprint density at radius 1 is 1.19 bits per heavy atom. The lowest BCUT2D eigenvalue weighted by atomic mass is 10.1. The van der Waals surface area contributed by atoms with E-state index in [0.29, 0.717) is 18.7 Å². The summed E-state index contributed by atoms with van der Waals surface area (Å²) < 4.78 is 14.8. The van der Waals surface area contributed by atoms with Gasteiger partial charge in [0.05, 0.1) is 5.56 Å². The lowest BCUT2D eigenvalue weighted by molar-refractivity contribution is 0.0751. The second-order valence-electron chi connectivity index (χ2n) is 4.57. The van der Waals surface area contributed by atoms with E-state index >= 15 is 0 Å². The quantitative estimate of drug-likeness (QED) is 0.688. The molecule has 0 aliphatic carbocycles. The van der Waals surface area contributed by atoms with Crippen molar-refractivity contribution >= 4 is 37.8 Å². The molecule has 0 atom stereocenters. The van der Waals surface area contributed by atoms with Crippen LogP contribution >= 0.6 is 31.9 Å². The molecule has 0 aromatic heterocycles. The third-order valence-electron chi connectivity index (χ3n) is 3.09. The second kappa shape index (κ2) is 7.18. The molecule has 0 aliphatic rings. The van der Waals surface area contributed by atoms with Crippen molar-refractivity contribution in [1.82, 2.24) is 4.90 Å². The van der Waals surface area contributed by atoms with Gasteiger partial charge in [0.25, 0.3) is 5.91 Å². The fraction of sp³-hybridized carbons (Fsp3) is 0.188. The number of nitrogens with zero attached hydrogens (tertiary/aromatic N) is 1. The van der Waals surface area contributed by atoms with Crippen molar-refractivity contribution in [2.75, 3.05) is 6.54 Å². The molecule has 110 valence electrons. The van der Waals surface area contributed by atoms with Crippen molar-refractivity contribution in [3.8, 4) is 0 Å². The van der Waals surface area contributed by atoms with E-state index in [-0.39, 0.29) is 11.7 Å². The molecule has 0 heterocycles. The maximum Gasteiger partial charge on any atom is 0.255 e. The van der Waals surface area contributed by atoms with Crippen molar-refractivity contribution in [1.29, 1.82) is 0 Å². The minimum atomic E-state index is -0.292. The summed E-state index contributed by atoms with van der Waals surface area (Å²) in [5.74, 6) is -0.380. The third-order valence-corrected chi connectivity index (χ3v) is 4.27. The largest absolute Gasteiger partial charge is 0.335 e. The molecule has 0 spiro atoms. The molecule has 0 saturated carbocycles. The van der Waals surface area contributed by atoms with Crippen LogP contribution in [0.25, 0.3) is 0 Å². The molecule has 1 amide bonds. The van der Waals surface area contributed by atoms with Crippen molar-refractivity contribution < 1.29 is 9.18 Å². The highest BCUT2D eigenvalue weighted by Gasteiger charge is 2.17. The number of carbonyl (C=O) groups excluding carboxylic acids is 1. The number of halogens is 3. The molecule has 0 bridgehead atoms. The minimum absolute atomic E-state index is 0.0880. The monoisotopic (exact) mass is 413 g/mol. The summed E-state index contributed by atoms with van der Waals surface area (Å²) in [7, 11) is 0. The number of hydrogen-bond donors (Lipinski definition) is 0. The molecular formula is C16H14Br2FNO.